The number of benzene rings is 2. The van der Waals surface area contributed by atoms with Gasteiger partial charge in [0, 0.05) is 19.4 Å². The molecule has 5 atom stereocenters. The monoisotopic (exact) mass is 762 g/mol. The van der Waals surface area contributed by atoms with Crippen LogP contribution in [0, 0.1) is 5.92 Å². The van der Waals surface area contributed by atoms with E-state index in [1.807, 2.05) is 60.7 Å². The molecule has 2 saturated carbocycles. The second kappa shape index (κ2) is 16.5. The van der Waals surface area contributed by atoms with Crippen molar-refractivity contribution in [2.75, 3.05) is 13.7 Å². The first-order valence-electron chi connectivity index (χ1n) is 18.7. The zero-order valence-corrected chi connectivity index (χ0v) is 32.6. The fraction of sp³-hybridized carbons (Fsp3) is 0.512. The highest BCUT2D eigenvalue weighted by Gasteiger charge is 2.62. The SMILES string of the molecule is C=CCCCCC[C@H](NC(=O)OC(C)(C)C)C(=O)N1C[C@](OC)(c2ccc(-c3ccccc3)cc2)C[C@H]1C(=O)N[C@]1(C(=O)NS(=O)(=O)C2CC2)C[C@H]1C=C. The molecule has 1 aliphatic heterocycles. The van der Waals surface area contributed by atoms with E-state index < -0.39 is 73.8 Å². The van der Waals surface area contributed by atoms with Crippen LogP contribution in [0.1, 0.15) is 84.1 Å². The Balaban J connectivity index is 1.47. The van der Waals surface area contributed by atoms with Gasteiger partial charge in [-0.1, -0.05) is 79.6 Å². The molecular formula is C41H54N4O8S. The number of nitrogens with one attached hydrogen (secondary N) is 3. The number of unbranched alkanes of at least 4 members (excludes halogenated alkanes) is 3. The largest absolute Gasteiger partial charge is 0.444 e. The summed E-state index contributed by atoms with van der Waals surface area (Å²) in [4.78, 5) is 57.2. The first-order chi connectivity index (χ1) is 25.6. The highest BCUT2D eigenvalue weighted by molar-refractivity contribution is 7.91. The fourth-order valence-electron chi connectivity index (χ4n) is 7.15. The summed E-state index contributed by atoms with van der Waals surface area (Å²) in [6.07, 6.45) is 7.05. The molecule has 0 radical (unpaired) electrons. The summed E-state index contributed by atoms with van der Waals surface area (Å²) in [6.45, 7) is 12.7. The van der Waals surface area contributed by atoms with Gasteiger partial charge in [0.2, 0.25) is 21.8 Å². The molecule has 0 aromatic heterocycles. The number of ether oxygens (including phenoxy) is 2. The molecule has 13 heteroatoms. The third kappa shape index (κ3) is 9.41. The van der Waals surface area contributed by atoms with Crippen LogP contribution in [0.3, 0.4) is 0 Å². The Labute approximate surface area is 319 Å². The Hall–Kier alpha value is -4.49. The van der Waals surface area contributed by atoms with Gasteiger partial charge in [-0.05, 0) is 76.0 Å². The number of methoxy groups -OCH3 is 1. The van der Waals surface area contributed by atoms with Crippen LogP contribution in [0.2, 0.25) is 0 Å². The van der Waals surface area contributed by atoms with Crippen molar-refractivity contribution in [3.05, 3.63) is 85.5 Å². The lowest BCUT2D eigenvalue weighted by Gasteiger charge is -2.31. The Bertz CT molecular complexity index is 1820. The number of carbonyl (C=O) groups excluding carboxylic acids is 4. The number of alkyl carbamates (subject to hydrolysis) is 1. The molecular weight excluding hydrogens is 709 g/mol. The van der Waals surface area contributed by atoms with E-state index in [-0.39, 0.29) is 25.8 Å². The minimum atomic E-state index is -3.90. The molecule has 3 N–H and O–H groups in total. The molecule has 4 amide bonds. The maximum absolute atomic E-state index is 14.7. The van der Waals surface area contributed by atoms with Gasteiger partial charge < -0.3 is 25.0 Å². The van der Waals surface area contributed by atoms with Gasteiger partial charge in [-0.15, -0.1) is 13.2 Å². The summed E-state index contributed by atoms with van der Waals surface area (Å²) in [5, 5.41) is 4.96. The van der Waals surface area contributed by atoms with Crippen LogP contribution in [-0.4, -0.2) is 79.3 Å². The number of carbonyl (C=O) groups is 4. The number of hydrogen-bond donors (Lipinski definition) is 3. The van der Waals surface area contributed by atoms with Crippen molar-refractivity contribution in [1.82, 2.24) is 20.3 Å². The van der Waals surface area contributed by atoms with E-state index in [1.54, 1.807) is 20.8 Å². The molecule has 0 spiro atoms. The van der Waals surface area contributed by atoms with Crippen LogP contribution in [-0.2, 0) is 39.5 Å². The van der Waals surface area contributed by atoms with Gasteiger partial charge in [-0.2, -0.15) is 0 Å². The van der Waals surface area contributed by atoms with E-state index >= 15 is 0 Å². The average molecular weight is 763 g/mol. The molecule has 12 nitrogen and oxygen atoms in total. The molecule has 2 aliphatic carbocycles. The number of rotatable bonds is 17. The van der Waals surface area contributed by atoms with Crippen LogP contribution < -0.4 is 15.4 Å². The van der Waals surface area contributed by atoms with Gasteiger partial charge in [0.05, 0.1) is 11.8 Å². The number of allylic oxidation sites excluding steroid dienone is 1. The van der Waals surface area contributed by atoms with E-state index in [0.29, 0.717) is 19.3 Å². The third-order valence-corrected chi connectivity index (χ3v) is 12.3. The number of hydrogen-bond acceptors (Lipinski definition) is 8. The van der Waals surface area contributed by atoms with Crippen molar-refractivity contribution in [2.45, 2.75) is 113 Å². The zero-order valence-electron chi connectivity index (χ0n) is 31.8. The summed E-state index contributed by atoms with van der Waals surface area (Å²) in [6, 6.07) is 15.4. The minimum Gasteiger partial charge on any atom is -0.444 e. The molecule has 292 valence electrons. The topological polar surface area (TPSA) is 160 Å². The second-order valence-electron chi connectivity index (χ2n) is 15.6. The third-order valence-electron chi connectivity index (χ3n) is 10.5. The number of likely N-dealkylation sites (tertiary alicyclic amines) is 1. The molecule has 2 aromatic rings. The maximum atomic E-state index is 14.7. The molecule has 2 aromatic carbocycles. The van der Waals surface area contributed by atoms with Crippen molar-refractivity contribution in [3.63, 3.8) is 0 Å². The standard InChI is InChI=1S/C41H54N4O8S/c1-7-9-10-11-15-18-33(42-38(49)53-39(3,4)5)36(47)45-27-40(52-6,31-21-19-29(20-22-31)28-16-13-12-14-17-28)26-34(45)35(46)43-41(25-30(41)8-2)37(48)44-54(50,51)32-23-24-32/h7-8,12-14,16-17,19-22,30,32-34H,1-2,9-11,15,18,23-27H2,3-6H3,(H,42,49)(H,43,46)(H,44,48)/t30-,33+,34+,40+,41-/m1/s1. The Kier molecular flexibility index (Phi) is 12.4. The van der Waals surface area contributed by atoms with Gasteiger partial charge >= 0.3 is 6.09 Å². The Morgan fingerprint density at radius 2 is 1.63 bits per heavy atom. The number of nitrogens with zero attached hydrogens (tertiary/aromatic N) is 1. The van der Waals surface area contributed by atoms with Crippen molar-refractivity contribution in [2.24, 2.45) is 5.92 Å². The first kappa shape index (κ1) is 40.7. The molecule has 3 fully saturated rings. The predicted octanol–water partition coefficient (Wildman–Crippen LogP) is 5.50. The van der Waals surface area contributed by atoms with Crippen LogP contribution >= 0.6 is 0 Å². The van der Waals surface area contributed by atoms with Crippen molar-refractivity contribution in [3.8, 4) is 11.1 Å². The van der Waals surface area contributed by atoms with Crippen LogP contribution in [0.15, 0.2) is 79.9 Å². The molecule has 0 unspecified atom stereocenters. The van der Waals surface area contributed by atoms with Gasteiger partial charge in [0.25, 0.3) is 5.91 Å². The summed E-state index contributed by atoms with van der Waals surface area (Å²) >= 11 is 0. The zero-order chi connectivity index (χ0) is 39.3. The number of amides is 4. The second-order valence-corrected chi connectivity index (χ2v) is 17.6. The highest BCUT2D eigenvalue weighted by Crippen LogP contribution is 2.46. The molecule has 1 saturated heterocycles. The molecule has 0 bridgehead atoms. The van der Waals surface area contributed by atoms with Crippen molar-refractivity contribution in [1.29, 1.82) is 0 Å². The van der Waals surface area contributed by atoms with Crippen molar-refractivity contribution < 1.29 is 37.1 Å². The molecule has 3 aliphatic rings. The highest BCUT2D eigenvalue weighted by atomic mass is 32.2. The van der Waals surface area contributed by atoms with E-state index in [9.17, 15) is 27.6 Å². The summed E-state index contributed by atoms with van der Waals surface area (Å²) in [7, 11) is -2.38. The van der Waals surface area contributed by atoms with Crippen LogP contribution in [0.4, 0.5) is 4.79 Å². The molecule has 54 heavy (non-hydrogen) atoms. The lowest BCUT2D eigenvalue weighted by Crippen LogP contribution is -2.58. The fourth-order valence-corrected chi connectivity index (χ4v) is 8.51. The molecule has 5 rings (SSSR count). The minimum absolute atomic E-state index is 0.0288. The van der Waals surface area contributed by atoms with Crippen molar-refractivity contribution >= 4 is 33.8 Å². The Morgan fingerprint density at radius 1 is 0.963 bits per heavy atom. The smallest absolute Gasteiger partial charge is 0.408 e. The van der Waals surface area contributed by atoms with E-state index in [2.05, 4.69) is 28.5 Å². The van der Waals surface area contributed by atoms with Gasteiger partial charge in [0.15, 0.2) is 0 Å². The average Bonchev–Trinajstić information content (AvgIpc) is 4.07. The normalized spacial score (nSPS) is 24.2. The lowest BCUT2D eigenvalue weighted by molar-refractivity contribution is -0.141. The quantitative estimate of drug-likeness (QED) is 0.141. The van der Waals surface area contributed by atoms with E-state index in [0.717, 1.165) is 36.0 Å². The Morgan fingerprint density at radius 3 is 2.20 bits per heavy atom. The first-order valence-corrected chi connectivity index (χ1v) is 20.3. The van der Waals surface area contributed by atoms with Gasteiger partial charge in [-0.25, -0.2) is 13.2 Å². The summed E-state index contributed by atoms with van der Waals surface area (Å²) in [5.41, 5.74) is -0.778. The molecule has 1 heterocycles. The number of sulfonamides is 1. The maximum Gasteiger partial charge on any atom is 0.408 e. The summed E-state index contributed by atoms with van der Waals surface area (Å²) in [5.74, 6) is -2.50. The van der Waals surface area contributed by atoms with E-state index in [4.69, 9.17) is 9.47 Å². The van der Waals surface area contributed by atoms with Gasteiger partial charge in [0.1, 0.15) is 28.8 Å². The van der Waals surface area contributed by atoms with Crippen LogP contribution in [0.5, 0.6) is 0 Å². The predicted molar refractivity (Wildman–Crippen MR) is 206 cm³/mol. The van der Waals surface area contributed by atoms with Gasteiger partial charge in [-0.3, -0.25) is 19.1 Å². The lowest BCUT2D eigenvalue weighted by atomic mass is 9.89. The van der Waals surface area contributed by atoms with Crippen LogP contribution in [0.25, 0.3) is 11.1 Å². The van der Waals surface area contributed by atoms with E-state index in [1.165, 1.54) is 18.1 Å². The summed E-state index contributed by atoms with van der Waals surface area (Å²) < 4.78 is 39.4.